The van der Waals surface area contributed by atoms with Crippen LogP contribution in [0.5, 0.6) is 0 Å². The summed E-state index contributed by atoms with van der Waals surface area (Å²) in [6, 6.07) is 0.744. The minimum atomic E-state index is 0.466. The molecule has 0 spiro atoms. The SMILES string of the molecule is CCN(CCC(C)(C)C)CC1CCCCN1. The summed E-state index contributed by atoms with van der Waals surface area (Å²) in [7, 11) is 0. The molecule has 1 atom stereocenters. The van der Waals surface area contributed by atoms with Crippen molar-refractivity contribution in [2.45, 2.75) is 59.4 Å². The molecular weight excluding hydrogens is 196 g/mol. The van der Waals surface area contributed by atoms with E-state index in [1.807, 2.05) is 0 Å². The lowest BCUT2D eigenvalue weighted by atomic mass is 9.92. The zero-order chi connectivity index (χ0) is 12.0. The first-order valence-electron chi connectivity index (χ1n) is 6.97. The van der Waals surface area contributed by atoms with Crippen molar-refractivity contribution < 1.29 is 0 Å². The van der Waals surface area contributed by atoms with Gasteiger partial charge in [-0.2, -0.15) is 0 Å². The topological polar surface area (TPSA) is 15.3 Å². The molecule has 1 rings (SSSR count). The quantitative estimate of drug-likeness (QED) is 0.775. The molecule has 0 radical (unpaired) electrons. The van der Waals surface area contributed by atoms with Gasteiger partial charge in [0.15, 0.2) is 0 Å². The molecule has 1 N–H and O–H groups in total. The lowest BCUT2D eigenvalue weighted by Crippen LogP contribution is -2.44. The van der Waals surface area contributed by atoms with Gasteiger partial charge in [-0.3, -0.25) is 0 Å². The Bertz CT molecular complexity index is 178. The maximum Gasteiger partial charge on any atom is 0.0195 e. The van der Waals surface area contributed by atoms with Crippen molar-refractivity contribution in [1.82, 2.24) is 10.2 Å². The lowest BCUT2D eigenvalue weighted by molar-refractivity contribution is 0.203. The molecule has 16 heavy (non-hydrogen) atoms. The van der Waals surface area contributed by atoms with Gasteiger partial charge >= 0.3 is 0 Å². The fourth-order valence-corrected chi connectivity index (χ4v) is 2.26. The van der Waals surface area contributed by atoms with Crippen LogP contribution in [0.15, 0.2) is 0 Å². The van der Waals surface area contributed by atoms with Gasteiger partial charge in [-0.1, -0.05) is 34.1 Å². The van der Waals surface area contributed by atoms with E-state index in [2.05, 4.69) is 37.9 Å². The van der Waals surface area contributed by atoms with Crippen LogP contribution in [0.1, 0.15) is 53.4 Å². The standard InChI is InChI=1S/C14H30N2/c1-5-16(11-9-14(2,3)4)12-13-8-6-7-10-15-13/h13,15H,5-12H2,1-4H3. The molecule has 1 heterocycles. The molecule has 2 nitrogen and oxygen atoms in total. The third kappa shape index (κ3) is 5.86. The highest BCUT2D eigenvalue weighted by Crippen LogP contribution is 2.19. The molecule has 96 valence electrons. The van der Waals surface area contributed by atoms with Gasteiger partial charge in [0.2, 0.25) is 0 Å². The maximum atomic E-state index is 3.64. The first-order chi connectivity index (χ1) is 7.51. The second-order valence-electron chi connectivity index (χ2n) is 6.35. The second-order valence-corrected chi connectivity index (χ2v) is 6.35. The summed E-state index contributed by atoms with van der Waals surface area (Å²) >= 11 is 0. The van der Waals surface area contributed by atoms with Gasteiger partial charge in [0, 0.05) is 12.6 Å². The monoisotopic (exact) mass is 226 g/mol. The predicted molar refractivity (Wildman–Crippen MR) is 71.8 cm³/mol. The first-order valence-corrected chi connectivity index (χ1v) is 6.97. The van der Waals surface area contributed by atoms with Crippen LogP contribution in [-0.2, 0) is 0 Å². The summed E-state index contributed by atoms with van der Waals surface area (Å²) < 4.78 is 0. The lowest BCUT2D eigenvalue weighted by Gasteiger charge is -2.31. The fourth-order valence-electron chi connectivity index (χ4n) is 2.26. The third-order valence-corrected chi connectivity index (χ3v) is 3.52. The second kappa shape index (κ2) is 6.61. The Morgan fingerprint density at radius 2 is 2.00 bits per heavy atom. The summed E-state index contributed by atoms with van der Waals surface area (Å²) in [4.78, 5) is 2.61. The number of rotatable bonds is 5. The van der Waals surface area contributed by atoms with E-state index in [9.17, 15) is 0 Å². The maximum absolute atomic E-state index is 3.64. The highest BCUT2D eigenvalue weighted by atomic mass is 15.1. The van der Waals surface area contributed by atoms with Crippen LogP contribution in [0.4, 0.5) is 0 Å². The van der Waals surface area contributed by atoms with Crippen LogP contribution in [0.2, 0.25) is 0 Å². The van der Waals surface area contributed by atoms with E-state index >= 15 is 0 Å². The summed E-state index contributed by atoms with van der Waals surface area (Å²) in [6.07, 6.45) is 5.44. The number of hydrogen-bond acceptors (Lipinski definition) is 2. The molecule has 0 aromatic rings. The van der Waals surface area contributed by atoms with Crippen LogP contribution >= 0.6 is 0 Å². The molecule has 1 aliphatic heterocycles. The molecule has 1 aliphatic rings. The van der Waals surface area contributed by atoms with E-state index in [-0.39, 0.29) is 0 Å². The molecule has 0 amide bonds. The average Bonchev–Trinajstić information content (AvgIpc) is 2.24. The Kier molecular flexibility index (Phi) is 5.77. The van der Waals surface area contributed by atoms with Gasteiger partial charge in [-0.15, -0.1) is 0 Å². The Labute approximate surface area is 102 Å². The largest absolute Gasteiger partial charge is 0.313 e. The van der Waals surface area contributed by atoms with Crippen LogP contribution < -0.4 is 5.32 Å². The molecule has 0 bridgehead atoms. The smallest absolute Gasteiger partial charge is 0.0195 e. The predicted octanol–water partition coefficient (Wildman–Crippen LogP) is 2.89. The van der Waals surface area contributed by atoms with Gasteiger partial charge in [0.1, 0.15) is 0 Å². The van der Waals surface area contributed by atoms with E-state index in [0.717, 1.165) is 6.04 Å². The van der Waals surface area contributed by atoms with E-state index < -0.39 is 0 Å². The van der Waals surface area contributed by atoms with Crippen molar-refractivity contribution in [1.29, 1.82) is 0 Å². The molecule has 0 aromatic carbocycles. The summed E-state index contributed by atoms with van der Waals surface area (Å²) in [5, 5.41) is 3.64. The number of piperidine rings is 1. The van der Waals surface area contributed by atoms with Crippen molar-refractivity contribution in [2.24, 2.45) is 5.41 Å². The third-order valence-electron chi connectivity index (χ3n) is 3.52. The normalized spacial score (nSPS) is 22.7. The molecule has 0 saturated carbocycles. The van der Waals surface area contributed by atoms with Crippen LogP contribution in [0, 0.1) is 5.41 Å². The van der Waals surface area contributed by atoms with Gasteiger partial charge in [-0.05, 0) is 44.3 Å². The zero-order valence-corrected chi connectivity index (χ0v) is 11.7. The zero-order valence-electron chi connectivity index (χ0n) is 11.7. The Hall–Kier alpha value is -0.0800. The fraction of sp³-hybridized carbons (Fsp3) is 1.00. The van der Waals surface area contributed by atoms with Gasteiger partial charge in [0.25, 0.3) is 0 Å². The van der Waals surface area contributed by atoms with Crippen LogP contribution in [0.25, 0.3) is 0 Å². The number of hydrogen-bond donors (Lipinski definition) is 1. The van der Waals surface area contributed by atoms with Crippen LogP contribution in [0.3, 0.4) is 0 Å². The van der Waals surface area contributed by atoms with Gasteiger partial charge in [-0.25, -0.2) is 0 Å². The average molecular weight is 226 g/mol. The minimum Gasteiger partial charge on any atom is -0.313 e. The van der Waals surface area contributed by atoms with Crippen molar-refractivity contribution in [3.8, 4) is 0 Å². The summed E-state index contributed by atoms with van der Waals surface area (Å²) in [6.45, 7) is 14.2. The van der Waals surface area contributed by atoms with Gasteiger partial charge in [0.05, 0.1) is 0 Å². The summed E-state index contributed by atoms with van der Waals surface area (Å²) in [5.41, 5.74) is 0.466. The molecule has 2 heteroatoms. The van der Waals surface area contributed by atoms with Crippen molar-refractivity contribution in [3.63, 3.8) is 0 Å². The minimum absolute atomic E-state index is 0.466. The molecule has 0 aliphatic carbocycles. The summed E-state index contributed by atoms with van der Waals surface area (Å²) in [5.74, 6) is 0. The van der Waals surface area contributed by atoms with Gasteiger partial charge < -0.3 is 10.2 Å². The van der Waals surface area contributed by atoms with Crippen LogP contribution in [-0.4, -0.2) is 37.1 Å². The molecule has 1 fully saturated rings. The van der Waals surface area contributed by atoms with Crippen molar-refractivity contribution in [3.05, 3.63) is 0 Å². The number of nitrogens with one attached hydrogen (secondary N) is 1. The Morgan fingerprint density at radius 1 is 1.25 bits per heavy atom. The molecule has 0 aromatic heterocycles. The van der Waals surface area contributed by atoms with E-state index in [1.54, 1.807) is 0 Å². The van der Waals surface area contributed by atoms with E-state index in [4.69, 9.17) is 0 Å². The first kappa shape index (κ1) is 14.0. The number of likely N-dealkylation sites (N-methyl/N-ethyl adjacent to an activating group) is 1. The molecule has 1 saturated heterocycles. The Morgan fingerprint density at radius 3 is 2.50 bits per heavy atom. The van der Waals surface area contributed by atoms with E-state index in [1.165, 1.54) is 51.9 Å². The van der Waals surface area contributed by atoms with Crippen molar-refractivity contribution in [2.75, 3.05) is 26.2 Å². The Balaban J connectivity index is 2.25. The van der Waals surface area contributed by atoms with Crippen molar-refractivity contribution >= 4 is 0 Å². The molecular formula is C14H30N2. The van der Waals surface area contributed by atoms with E-state index in [0.29, 0.717) is 5.41 Å². The highest BCUT2D eigenvalue weighted by Gasteiger charge is 2.17. The molecule has 1 unspecified atom stereocenters. The number of nitrogens with zero attached hydrogens (tertiary/aromatic N) is 1. The highest BCUT2D eigenvalue weighted by molar-refractivity contribution is 4.76.